The lowest BCUT2D eigenvalue weighted by Gasteiger charge is -2.16. The summed E-state index contributed by atoms with van der Waals surface area (Å²) in [5.41, 5.74) is 5.72. The van der Waals surface area contributed by atoms with E-state index in [0.29, 0.717) is 30.3 Å². The largest absolute Gasteiger partial charge is 0.492 e. The third kappa shape index (κ3) is 5.01. The van der Waals surface area contributed by atoms with Crippen LogP contribution in [0.5, 0.6) is 17.2 Å². The third-order valence-corrected chi connectivity index (χ3v) is 7.40. The van der Waals surface area contributed by atoms with E-state index < -0.39 is 5.97 Å². The number of aliphatic carboxylic acids is 1. The second kappa shape index (κ2) is 10.1. The van der Waals surface area contributed by atoms with Gasteiger partial charge in [-0.1, -0.05) is 12.1 Å². The number of ether oxygens (including phenoxy) is 4. The first kappa shape index (κ1) is 23.8. The van der Waals surface area contributed by atoms with Gasteiger partial charge in [-0.25, -0.2) is 4.39 Å². The van der Waals surface area contributed by atoms with Crippen LogP contribution in [0.4, 0.5) is 4.39 Å². The van der Waals surface area contributed by atoms with Crippen LogP contribution in [0.15, 0.2) is 48.5 Å². The molecule has 2 heterocycles. The fourth-order valence-corrected chi connectivity index (χ4v) is 5.50. The molecule has 0 saturated carbocycles. The van der Waals surface area contributed by atoms with Crippen LogP contribution in [0.1, 0.15) is 47.4 Å². The Kier molecular flexibility index (Phi) is 6.47. The normalized spacial score (nSPS) is 19.8. The van der Waals surface area contributed by atoms with E-state index in [9.17, 15) is 4.79 Å². The second-order valence-electron chi connectivity index (χ2n) is 9.97. The van der Waals surface area contributed by atoms with Crippen molar-refractivity contribution in [2.24, 2.45) is 0 Å². The van der Waals surface area contributed by atoms with Crippen LogP contribution in [0, 0.1) is 5.82 Å². The quantitative estimate of drug-likeness (QED) is 0.446. The van der Waals surface area contributed by atoms with E-state index >= 15 is 4.39 Å². The Bertz CT molecular complexity index is 1330. The topological polar surface area (TPSA) is 74.2 Å². The van der Waals surface area contributed by atoms with Crippen molar-refractivity contribution in [1.29, 1.82) is 0 Å². The predicted molar refractivity (Wildman–Crippen MR) is 135 cm³/mol. The Balaban J connectivity index is 1.21. The number of hydrogen-bond donors (Lipinski definition) is 1. The number of halogens is 1. The van der Waals surface area contributed by atoms with Gasteiger partial charge in [0.15, 0.2) is 0 Å². The number of rotatable bonds is 7. The fraction of sp³-hybridized carbons (Fsp3) is 0.367. The zero-order valence-corrected chi connectivity index (χ0v) is 20.5. The molecule has 7 heteroatoms. The van der Waals surface area contributed by atoms with Gasteiger partial charge in [-0.2, -0.15) is 0 Å². The molecule has 6 rings (SSSR count). The van der Waals surface area contributed by atoms with Crippen molar-refractivity contribution in [3.63, 3.8) is 0 Å². The molecule has 2 aliphatic heterocycles. The van der Waals surface area contributed by atoms with E-state index in [2.05, 4.69) is 12.1 Å². The van der Waals surface area contributed by atoms with Crippen LogP contribution in [0.25, 0.3) is 11.1 Å². The summed E-state index contributed by atoms with van der Waals surface area (Å²) >= 11 is 0. The lowest BCUT2D eigenvalue weighted by Crippen LogP contribution is -2.15. The molecule has 0 radical (unpaired) electrons. The fourth-order valence-electron chi connectivity index (χ4n) is 5.50. The lowest BCUT2D eigenvalue weighted by atomic mass is 9.94. The molecule has 1 saturated heterocycles. The summed E-state index contributed by atoms with van der Waals surface area (Å²) < 4.78 is 38.2. The van der Waals surface area contributed by atoms with E-state index in [4.69, 9.17) is 24.1 Å². The smallest absolute Gasteiger partial charge is 0.304 e. The molecule has 0 aromatic heterocycles. The molecular formula is C30H29FO6. The minimum atomic E-state index is -0.853. The molecule has 37 heavy (non-hydrogen) atoms. The molecule has 1 aliphatic carbocycles. The first-order chi connectivity index (χ1) is 18.0. The Hall–Kier alpha value is -3.58. The maximum Gasteiger partial charge on any atom is 0.304 e. The Morgan fingerprint density at radius 1 is 1.00 bits per heavy atom. The van der Waals surface area contributed by atoms with Crippen LogP contribution < -0.4 is 14.2 Å². The molecule has 3 aromatic carbocycles. The van der Waals surface area contributed by atoms with Crippen LogP contribution in [-0.2, 0) is 29.0 Å². The highest BCUT2D eigenvalue weighted by atomic mass is 19.1. The number of carboxylic acids is 1. The molecule has 0 amide bonds. The van der Waals surface area contributed by atoms with Crippen molar-refractivity contribution in [3.8, 4) is 28.4 Å². The number of benzene rings is 3. The highest BCUT2D eigenvalue weighted by Crippen LogP contribution is 2.39. The van der Waals surface area contributed by atoms with Crippen LogP contribution in [0.2, 0.25) is 0 Å². The minimum absolute atomic E-state index is 0.0254. The van der Waals surface area contributed by atoms with E-state index in [1.54, 1.807) is 18.2 Å². The predicted octanol–water partition coefficient (Wildman–Crippen LogP) is 5.68. The Morgan fingerprint density at radius 2 is 1.84 bits per heavy atom. The molecule has 1 fully saturated rings. The van der Waals surface area contributed by atoms with Crippen LogP contribution in [0.3, 0.4) is 0 Å². The summed E-state index contributed by atoms with van der Waals surface area (Å²) in [6.07, 6.45) is 3.70. The third-order valence-electron chi connectivity index (χ3n) is 7.40. The van der Waals surface area contributed by atoms with Crippen molar-refractivity contribution >= 4 is 5.97 Å². The molecule has 6 nitrogen and oxygen atoms in total. The monoisotopic (exact) mass is 504 g/mol. The van der Waals surface area contributed by atoms with Crippen molar-refractivity contribution in [2.75, 3.05) is 19.8 Å². The Morgan fingerprint density at radius 3 is 2.65 bits per heavy atom. The highest BCUT2D eigenvalue weighted by molar-refractivity contribution is 5.73. The van der Waals surface area contributed by atoms with Crippen LogP contribution in [-0.4, -0.2) is 37.0 Å². The summed E-state index contributed by atoms with van der Waals surface area (Å²) in [5, 5.41) is 9.10. The van der Waals surface area contributed by atoms with Crippen molar-refractivity contribution in [1.82, 2.24) is 0 Å². The maximum atomic E-state index is 15.1. The van der Waals surface area contributed by atoms with Gasteiger partial charge in [-0.15, -0.1) is 0 Å². The van der Waals surface area contributed by atoms with Gasteiger partial charge >= 0.3 is 5.97 Å². The van der Waals surface area contributed by atoms with Gasteiger partial charge < -0.3 is 24.1 Å². The molecule has 192 valence electrons. The number of aryl methyl sites for hydroxylation is 2. The average molecular weight is 505 g/mol. The molecule has 0 unspecified atom stereocenters. The van der Waals surface area contributed by atoms with Crippen molar-refractivity contribution in [2.45, 2.75) is 50.7 Å². The van der Waals surface area contributed by atoms with Gasteiger partial charge in [-0.05, 0) is 71.8 Å². The second-order valence-corrected chi connectivity index (χ2v) is 9.97. The summed E-state index contributed by atoms with van der Waals surface area (Å²) in [5.74, 6) is 0.745. The molecule has 0 spiro atoms. The van der Waals surface area contributed by atoms with E-state index in [-0.39, 0.29) is 30.9 Å². The summed E-state index contributed by atoms with van der Waals surface area (Å²) in [7, 11) is 0. The molecule has 3 aromatic rings. The summed E-state index contributed by atoms with van der Waals surface area (Å²) in [4.78, 5) is 11.1. The molecular weight excluding hydrogens is 475 g/mol. The van der Waals surface area contributed by atoms with Gasteiger partial charge in [-0.3, -0.25) is 4.79 Å². The Labute approximate surface area is 214 Å². The zero-order chi connectivity index (χ0) is 25.4. The summed E-state index contributed by atoms with van der Waals surface area (Å²) in [6, 6.07) is 15.1. The lowest BCUT2D eigenvalue weighted by molar-refractivity contribution is -0.137. The zero-order valence-electron chi connectivity index (χ0n) is 20.5. The van der Waals surface area contributed by atoms with E-state index in [1.165, 1.54) is 5.56 Å². The summed E-state index contributed by atoms with van der Waals surface area (Å²) in [6.45, 7) is 1.78. The maximum absolute atomic E-state index is 15.1. The van der Waals surface area contributed by atoms with Gasteiger partial charge in [0, 0.05) is 29.5 Å². The number of hydrogen-bond acceptors (Lipinski definition) is 5. The average Bonchev–Trinajstić information content (AvgIpc) is 3.49. The SMILES string of the molecule is O=C(O)C[C@@H]1COc2cc(OCc3cc4c(cc3F)CCCc3cc(O[C@@H]5CCOC5)ccc3-4)ccc21. The first-order valence-electron chi connectivity index (χ1n) is 12.8. The first-order valence-corrected chi connectivity index (χ1v) is 12.8. The highest BCUT2D eigenvalue weighted by Gasteiger charge is 2.27. The van der Waals surface area contributed by atoms with Crippen molar-refractivity contribution in [3.05, 3.63) is 76.6 Å². The van der Waals surface area contributed by atoms with Crippen LogP contribution >= 0.6 is 0 Å². The molecule has 1 N–H and O–H groups in total. The standard InChI is InChI=1S/C30H29FO6/c31-28-12-19-3-1-2-18-10-23(37-24-8-9-34-17-24)5-6-25(18)27(19)11-21(28)16-35-22-4-7-26-20(13-30(32)33)15-36-29(26)14-22/h4-7,10-12,14,20,24H,1-3,8-9,13,15-17H2,(H,32,33)/t20-,24-/m1/s1. The molecule has 2 atom stereocenters. The molecule has 3 aliphatic rings. The number of carbonyl (C=O) groups is 1. The number of fused-ring (bicyclic) bond motifs is 4. The van der Waals surface area contributed by atoms with Gasteiger partial charge in [0.1, 0.15) is 35.8 Å². The minimum Gasteiger partial charge on any atom is -0.492 e. The molecule has 0 bridgehead atoms. The van der Waals surface area contributed by atoms with Crippen molar-refractivity contribution < 1.29 is 33.2 Å². The number of carboxylic acid groups (broad SMARTS) is 1. The van der Waals surface area contributed by atoms with E-state index in [0.717, 1.165) is 60.3 Å². The van der Waals surface area contributed by atoms with Gasteiger partial charge in [0.25, 0.3) is 0 Å². The van der Waals surface area contributed by atoms with Gasteiger partial charge in [0.2, 0.25) is 0 Å². The van der Waals surface area contributed by atoms with Gasteiger partial charge in [0.05, 0.1) is 26.2 Å². The van der Waals surface area contributed by atoms with E-state index in [1.807, 2.05) is 18.2 Å².